The Kier molecular flexibility index (Phi) is 6.68. The molecule has 0 saturated carbocycles. The van der Waals surface area contributed by atoms with Crippen LogP contribution in [-0.2, 0) is 22.5 Å². The van der Waals surface area contributed by atoms with E-state index in [4.69, 9.17) is 4.74 Å². The summed E-state index contributed by atoms with van der Waals surface area (Å²) in [7, 11) is 0. The molecule has 1 fully saturated rings. The molecule has 0 amide bonds. The number of hydrogen-bond acceptors (Lipinski definition) is 3. The zero-order valence-corrected chi connectivity index (χ0v) is 16.6. The Balaban J connectivity index is 1.67. The predicted molar refractivity (Wildman–Crippen MR) is 109 cm³/mol. The van der Waals surface area contributed by atoms with Gasteiger partial charge in [0.2, 0.25) is 0 Å². The molecule has 3 rings (SSSR count). The van der Waals surface area contributed by atoms with Gasteiger partial charge < -0.3 is 4.74 Å². The molecule has 1 aliphatic rings. The fourth-order valence-electron chi connectivity index (χ4n) is 4.27. The maximum atomic E-state index is 12.9. The highest BCUT2D eigenvalue weighted by Gasteiger charge is 2.43. The summed E-state index contributed by atoms with van der Waals surface area (Å²) in [5.41, 5.74) is 2.10. The molecule has 27 heavy (non-hydrogen) atoms. The van der Waals surface area contributed by atoms with Gasteiger partial charge in [0, 0.05) is 6.54 Å². The van der Waals surface area contributed by atoms with Crippen LogP contribution in [0.15, 0.2) is 60.7 Å². The average Bonchev–Trinajstić information content (AvgIpc) is 2.70. The Morgan fingerprint density at radius 3 is 2.11 bits per heavy atom. The summed E-state index contributed by atoms with van der Waals surface area (Å²) in [6.45, 7) is 7.49. The lowest BCUT2D eigenvalue weighted by molar-refractivity contribution is -0.159. The van der Waals surface area contributed by atoms with Gasteiger partial charge in [0.05, 0.1) is 12.0 Å². The number of benzene rings is 2. The SMILES string of the molecule is CCOC(=O)C(C)(Cc1ccccc1)C1CCN(Cc2ccccc2)CC1. The zero-order valence-electron chi connectivity index (χ0n) is 16.6. The van der Waals surface area contributed by atoms with Crippen LogP contribution < -0.4 is 0 Å². The van der Waals surface area contributed by atoms with Crippen LogP contribution in [0.1, 0.15) is 37.8 Å². The molecule has 2 aromatic carbocycles. The van der Waals surface area contributed by atoms with Crippen LogP contribution in [0.4, 0.5) is 0 Å². The van der Waals surface area contributed by atoms with E-state index in [0.29, 0.717) is 12.5 Å². The van der Waals surface area contributed by atoms with Crippen molar-refractivity contribution in [3.8, 4) is 0 Å². The molecule has 0 bridgehead atoms. The number of piperidine rings is 1. The van der Waals surface area contributed by atoms with E-state index in [-0.39, 0.29) is 5.97 Å². The first-order valence-electron chi connectivity index (χ1n) is 10.1. The number of ether oxygens (including phenoxy) is 1. The number of carbonyl (C=O) groups excluding carboxylic acids is 1. The quantitative estimate of drug-likeness (QED) is 0.666. The van der Waals surface area contributed by atoms with Crippen LogP contribution in [0.3, 0.4) is 0 Å². The Morgan fingerprint density at radius 1 is 1.00 bits per heavy atom. The number of rotatable bonds is 7. The van der Waals surface area contributed by atoms with Gasteiger partial charge in [-0.1, -0.05) is 60.7 Å². The number of esters is 1. The van der Waals surface area contributed by atoms with E-state index in [2.05, 4.69) is 54.3 Å². The van der Waals surface area contributed by atoms with Gasteiger partial charge in [-0.2, -0.15) is 0 Å². The predicted octanol–water partition coefficient (Wildman–Crippen LogP) is 4.71. The molecule has 2 aromatic rings. The number of hydrogen-bond donors (Lipinski definition) is 0. The molecule has 1 saturated heterocycles. The van der Waals surface area contributed by atoms with Gasteiger partial charge in [-0.05, 0) is 63.2 Å². The van der Waals surface area contributed by atoms with Gasteiger partial charge in [0.15, 0.2) is 0 Å². The van der Waals surface area contributed by atoms with Gasteiger partial charge in [-0.25, -0.2) is 0 Å². The molecular weight excluding hydrogens is 334 g/mol. The molecule has 1 aliphatic heterocycles. The maximum absolute atomic E-state index is 12.9. The lowest BCUT2D eigenvalue weighted by Gasteiger charge is -2.41. The molecule has 0 N–H and O–H groups in total. The third kappa shape index (κ3) is 4.98. The Bertz CT molecular complexity index is 708. The summed E-state index contributed by atoms with van der Waals surface area (Å²) in [6.07, 6.45) is 2.82. The Hall–Kier alpha value is -2.13. The molecule has 1 unspecified atom stereocenters. The highest BCUT2D eigenvalue weighted by atomic mass is 16.5. The van der Waals surface area contributed by atoms with Crippen molar-refractivity contribution >= 4 is 5.97 Å². The summed E-state index contributed by atoms with van der Waals surface area (Å²) >= 11 is 0. The van der Waals surface area contributed by atoms with Crippen molar-refractivity contribution in [2.24, 2.45) is 11.3 Å². The molecule has 0 aromatic heterocycles. The van der Waals surface area contributed by atoms with Crippen molar-refractivity contribution in [2.75, 3.05) is 19.7 Å². The van der Waals surface area contributed by atoms with Crippen LogP contribution in [0, 0.1) is 11.3 Å². The van der Waals surface area contributed by atoms with E-state index in [9.17, 15) is 4.79 Å². The van der Waals surface area contributed by atoms with Crippen molar-refractivity contribution in [2.45, 2.75) is 39.7 Å². The molecule has 144 valence electrons. The second-order valence-corrected chi connectivity index (χ2v) is 7.84. The summed E-state index contributed by atoms with van der Waals surface area (Å²) < 4.78 is 5.50. The smallest absolute Gasteiger partial charge is 0.312 e. The van der Waals surface area contributed by atoms with Gasteiger partial charge in [0.25, 0.3) is 0 Å². The number of nitrogens with zero attached hydrogens (tertiary/aromatic N) is 1. The van der Waals surface area contributed by atoms with Gasteiger partial charge in [-0.15, -0.1) is 0 Å². The van der Waals surface area contributed by atoms with Crippen LogP contribution in [0.5, 0.6) is 0 Å². The largest absolute Gasteiger partial charge is 0.466 e. The van der Waals surface area contributed by atoms with E-state index < -0.39 is 5.41 Å². The Morgan fingerprint density at radius 2 is 1.56 bits per heavy atom. The molecule has 3 nitrogen and oxygen atoms in total. The molecule has 0 spiro atoms. The van der Waals surface area contributed by atoms with Crippen molar-refractivity contribution in [3.63, 3.8) is 0 Å². The monoisotopic (exact) mass is 365 g/mol. The molecule has 1 atom stereocenters. The number of carbonyl (C=O) groups is 1. The lowest BCUT2D eigenvalue weighted by atomic mass is 9.68. The van der Waals surface area contributed by atoms with E-state index in [1.54, 1.807) is 0 Å². The molecule has 0 radical (unpaired) electrons. The normalized spacial score (nSPS) is 18.0. The number of likely N-dealkylation sites (tertiary alicyclic amines) is 1. The topological polar surface area (TPSA) is 29.5 Å². The van der Waals surface area contributed by atoms with Crippen molar-refractivity contribution in [1.82, 2.24) is 4.90 Å². The second-order valence-electron chi connectivity index (χ2n) is 7.84. The van der Waals surface area contributed by atoms with E-state index in [1.807, 2.05) is 25.1 Å². The average molecular weight is 366 g/mol. The second kappa shape index (κ2) is 9.18. The van der Waals surface area contributed by atoms with E-state index in [1.165, 1.54) is 11.1 Å². The standard InChI is InChI=1S/C24H31NO2/c1-3-27-23(26)24(2,18-20-10-6-4-7-11-20)22-14-16-25(17-15-22)19-21-12-8-5-9-13-21/h4-13,22H,3,14-19H2,1-2H3. The van der Waals surface area contributed by atoms with Crippen LogP contribution >= 0.6 is 0 Å². The highest BCUT2D eigenvalue weighted by molar-refractivity contribution is 5.77. The molecular formula is C24H31NO2. The fraction of sp³-hybridized carbons (Fsp3) is 0.458. The van der Waals surface area contributed by atoms with Crippen LogP contribution in [0.2, 0.25) is 0 Å². The van der Waals surface area contributed by atoms with Crippen molar-refractivity contribution < 1.29 is 9.53 Å². The molecule has 3 heteroatoms. The minimum atomic E-state index is -0.462. The molecule has 0 aliphatic carbocycles. The first-order chi connectivity index (χ1) is 13.1. The van der Waals surface area contributed by atoms with Gasteiger partial charge >= 0.3 is 5.97 Å². The molecule has 1 heterocycles. The van der Waals surface area contributed by atoms with Gasteiger partial charge in [-0.3, -0.25) is 9.69 Å². The minimum absolute atomic E-state index is 0.0460. The first kappa shape index (κ1) is 19.6. The highest BCUT2D eigenvalue weighted by Crippen LogP contribution is 2.39. The first-order valence-corrected chi connectivity index (χ1v) is 10.1. The lowest BCUT2D eigenvalue weighted by Crippen LogP contribution is -2.45. The third-order valence-electron chi connectivity index (χ3n) is 5.89. The zero-order chi connectivity index (χ0) is 19.1. The summed E-state index contributed by atoms with van der Waals surface area (Å²) in [5.74, 6) is 0.305. The van der Waals surface area contributed by atoms with E-state index in [0.717, 1.165) is 38.9 Å². The van der Waals surface area contributed by atoms with Crippen LogP contribution in [-0.4, -0.2) is 30.6 Å². The fourth-order valence-corrected chi connectivity index (χ4v) is 4.27. The summed E-state index contributed by atoms with van der Waals surface area (Å²) in [6, 6.07) is 21.0. The van der Waals surface area contributed by atoms with Gasteiger partial charge in [0.1, 0.15) is 0 Å². The Labute approximate surface area is 163 Å². The summed E-state index contributed by atoms with van der Waals surface area (Å²) in [5, 5.41) is 0. The van der Waals surface area contributed by atoms with Crippen LogP contribution in [0.25, 0.3) is 0 Å². The van der Waals surface area contributed by atoms with Crippen molar-refractivity contribution in [3.05, 3.63) is 71.8 Å². The van der Waals surface area contributed by atoms with Crippen molar-refractivity contribution in [1.29, 1.82) is 0 Å². The van der Waals surface area contributed by atoms with E-state index >= 15 is 0 Å². The third-order valence-corrected chi connectivity index (χ3v) is 5.89. The minimum Gasteiger partial charge on any atom is -0.466 e. The maximum Gasteiger partial charge on any atom is 0.312 e. The summed E-state index contributed by atoms with van der Waals surface area (Å²) in [4.78, 5) is 15.4.